The van der Waals surface area contributed by atoms with E-state index in [-0.39, 0.29) is 13.2 Å². The number of rotatable bonds is 5. The molecule has 4 nitrogen and oxygen atoms in total. The predicted molar refractivity (Wildman–Crippen MR) is 61.6 cm³/mol. The van der Waals surface area contributed by atoms with Crippen LogP contribution in [0.4, 0.5) is 0 Å². The van der Waals surface area contributed by atoms with E-state index in [9.17, 15) is 8.42 Å². The molecule has 0 aliphatic rings. The molecule has 0 fully saturated rings. The van der Waals surface area contributed by atoms with Gasteiger partial charge in [-0.05, 0) is 19.1 Å². The number of nitrogens with one attached hydrogen (secondary N) is 1. The summed E-state index contributed by atoms with van der Waals surface area (Å²) in [4.78, 5) is 0.841. The average Bonchev–Trinajstić information content (AvgIpc) is 2.60. The van der Waals surface area contributed by atoms with Crippen molar-refractivity contribution in [3.05, 3.63) is 21.3 Å². The lowest BCUT2D eigenvalue weighted by molar-refractivity contribution is 0.295. The molecule has 0 aliphatic carbocycles. The third-order valence-corrected chi connectivity index (χ3v) is 4.85. The molecule has 0 saturated heterocycles. The molecule has 7 heteroatoms. The van der Waals surface area contributed by atoms with Crippen LogP contribution in [0.1, 0.15) is 11.8 Å². The minimum atomic E-state index is -3.44. The molecule has 0 aromatic carbocycles. The predicted octanol–water partition coefficient (Wildman–Crippen LogP) is 1.20. The van der Waals surface area contributed by atoms with Crippen molar-refractivity contribution in [2.45, 2.75) is 18.7 Å². The molecule has 2 N–H and O–H groups in total. The summed E-state index contributed by atoms with van der Waals surface area (Å²) in [7, 11) is -3.44. The highest BCUT2D eigenvalue weighted by molar-refractivity contribution is 7.90. The first-order valence-corrected chi connectivity index (χ1v) is 7.03. The Kier molecular flexibility index (Phi) is 4.54. The molecule has 0 amide bonds. The van der Waals surface area contributed by atoms with Crippen LogP contribution in [0.25, 0.3) is 0 Å². The summed E-state index contributed by atoms with van der Waals surface area (Å²) in [6, 6.07) is 3.48. The van der Waals surface area contributed by atoms with Crippen LogP contribution in [0.5, 0.6) is 0 Å². The number of thiophene rings is 1. The van der Waals surface area contributed by atoms with Crippen molar-refractivity contribution in [3.63, 3.8) is 0 Å². The van der Waals surface area contributed by atoms with E-state index < -0.39 is 15.3 Å². The Morgan fingerprint density at radius 3 is 2.73 bits per heavy atom. The molecule has 0 bridgehead atoms. The first-order valence-electron chi connectivity index (χ1n) is 4.29. The Labute approximate surface area is 97.9 Å². The Balaban J connectivity index is 2.57. The molecule has 1 aromatic rings. The molecule has 1 heterocycles. The van der Waals surface area contributed by atoms with E-state index in [4.69, 9.17) is 16.7 Å². The molecule has 1 unspecified atom stereocenters. The van der Waals surface area contributed by atoms with Crippen molar-refractivity contribution >= 4 is 33.0 Å². The van der Waals surface area contributed by atoms with Crippen LogP contribution in [0.3, 0.4) is 0 Å². The molecule has 0 radical (unpaired) electrons. The molecular weight excluding hydrogens is 258 g/mol. The topological polar surface area (TPSA) is 66.4 Å². The highest BCUT2D eigenvalue weighted by atomic mass is 35.5. The van der Waals surface area contributed by atoms with Gasteiger partial charge in [-0.15, -0.1) is 11.3 Å². The van der Waals surface area contributed by atoms with Crippen molar-refractivity contribution in [2.75, 3.05) is 6.61 Å². The first-order chi connectivity index (χ1) is 6.95. The van der Waals surface area contributed by atoms with Gasteiger partial charge in [0.05, 0.1) is 16.2 Å². The van der Waals surface area contributed by atoms with E-state index in [1.54, 1.807) is 12.1 Å². The normalized spacial score (nSPS) is 14.1. The summed E-state index contributed by atoms with van der Waals surface area (Å²) in [5.41, 5.74) is 0. The average molecular weight is 270 g/mol. The van der Waals surface area contributed by atoms with Crippen molar-refractivity contribution in [1.82, 2.24) is 4.72 Å². The maximum Gasteiger partial charge on any atom is 0.216 e. The smallest absolute Gasteiger partial charge is 0.216 e. The second kappa shape index (κ2) is 5.27. The summed E-state index contributed by atoms with van der Waals surface area (Å²) in [5, 5.41) is 7.94. The molecule has 86 valence electrons. The van der Waals surface area contributed by atoms with Crippen LogP contribution in [-0.2, 0) is 16.6 Å². The monoisotopic (exact) mass is 269 g/mol. The van der Waals surface area contributed by atoms with Gasteiger partial charge in [-0.2, -0.15) is 0 Å². The fraction of sp³-hybridized carbons (Fsp3) is 0.500. The summed E-state index contributed by atoms with van der Waals surface area (Å²) < 4.78 is 25.9. The molecule has 1 rings (SSSR count). The molecule has 1 aromatic heterocycles. The minimum Gasteiger partial charge on any atom is -0.395 e. The number of hydrogen-bond donors (Lipinski definition) is 2. The van der Waals surface area contributed by atoms with Gasteiger partial charge in [0, 0.05) is 11.4 Å². The van der Waals surface area contributed by atoms with Crippen LogP contribution in [0.15, 0.2) is 12.1 Å². The van der Waals surface area contributed by atoms with Gasteiger partial charge >= 0.3 is 0 Å². The van der Waals surface area contributed by atoms with Gasteiger partial charge in [0.1, 0.15) is 0 Å². The summed E-state index contributed by atoms with van der Waals surface area (Å²) in [6.45, 7) is 1.27. The lowest BCUT2D eigenvalue weighted by atomic mass is 10.5. The van der Waals surface area contributed by atoms with Crippen LogP contribution >= 0.6 is 22.9 Å². The summed E-state index contributed by atoms with van der Waals surface area (Å²) in [5.74, 6) is 0. The second-order valence-corrected chi connectivity index (χ2v) is 7.05. The molecule has 0 aliphatic heterocycles. The fourth-order valence-electron chi connectivity index (χ4n) is 0.859. The van der Waals surface area contributed by atoms with E-state index in [1.165, 1.54) is 18.3 Å². The number of sulfonamides is 1. The van der Waals surface area contributed by atoms with Gasteiger partial charge in [0.2, 0.25) is 10.0 Å². The van der Waals surface area contributed by atoms with E-state index in [1.807, 2.05) is 0 Å². The number of halogens is 1. The fourth-order valence-corrected chi connectivity index (χ4v) is 2.81. The van der Waals surface area contributed by atoms with Crippen molar-refractivity contribution in [2.24, 2.45) is 0 Å². The number of aliphatic hydroxyl groups excluding tert-OH is 1. The zero-order valence-electron chi connectivity index (χ0n) is 8.10. The lowest BCUT2D eigenvalue weighted by Gasteiger charge is -2.10. The largest absolute Gasteiger partial charge is 0.395 e. The number of aliphatic hydroxyl groups is 1. The van der Waals surface area contributed by atoms with E-state index in [0.29, 0.717) is 4.34 Å². The molecule has 1 atom stereocenters. The van der Waals surface area contributed by atoms with Crippen LogP contribution in [-0.4, -0.2) is 25.4 Å². The third-order valence-electron chi connectivity index (χ3n) is 1.86. The van der Waals surface area contributed by atoms with Gasteiger partial charge in [-0.25, -0.2) is 13.1 Å². The SMILES string of the molecule is CC(CO)S(=O)(=O)NCc1ccc(Cl)s1. The van der Waals surface area contributed by atoms with Crippen molar-refractivity contribution < 1.29 is 13.5 Å². The Morgan fingerprint density at radius 1 is 1.60 bits per heavy atom. The molecule has 15 heavy (non-hydrogen) atoms. The minimum absolute atomic E-state index is 0.212. The van der Waals surface area contributed by atoms with Gasteiger partial charge in [0.25, 0.3) is 0 Å². The van der Waals surface area contributed by atoms with Crippen LogP contribution in [0, 0.1) is 0 Å². The van der Waals surface area contributed by atoms with E-state index >= 15 is 0 Å². The standard InChI is InChI=1S/C8H12ClNO3S2/c1-6(5-11)15(12,13)10-4-7-2-3-8(9)14-7/h2-3,6,10-11H,4-5H2,1H3. The highest BCUT2D eigenvalue weighted by Crippen LogP contribution is 2.21. The number of hydrogen-bond acceptors (Lipinski definition) is 4. The van der Waals surface area contributed by atoms with Crippen LogP contribution in [0.2, 0.25) is 4.34 Å². The Bertz CT molecular complexity index is 415. The zero-order valence-corrected chi connectivity index (χ0v) is 10.5. The van der Waals surface area contributed by atoms with Crippen molar-refractivity contribution in [3.8, 4) is 0 Å². The molecule has 0 spiro atoms. The Hall–Kier alpha value is -0.140. The van der Waals surface area contributed by atoms with Crippen LogP contribution < -0.4 is 4.72 Å². The Morgan fingerprint density at radius 2 is 2.27 bits per heavy atom. The lowest BCUT2D eigenvalue weighted by Crippen LogP contribution is -2.34. The van der Waals surface area contributed by atoms with Gasteiger partial charge in [0.15, 0.2) is 0 Å². The molecular formula is C8H12ClNO3S2. The van der Waals surface area contributed by atoms with E-state index in [2.05, 4.69) is 4.72 Å². The third kappa shape index (κ3) is 3.73. The van der Waals surface area contributed by atoms with Gasteiger partial charge in [-0.3, -0.25) is 0 Å². The van der Waals surface area contributed by atoms with E-state index in [0.717, 1.165) is 4.88 Å². The summed E-state index contributed by atoms with van der Waals surface area (Å²) >= 11 is 7.03. The van der Waals surface area contributed by atoms with Crippen molar-refractivity contribution in [1.29, 1.82) is 0 Å². The molecule has 0 saturated carbocycles. The maximum absolute atomic E-state index is 11.4. The first kappa shape index (κ1) is 12.9. The zero-order chi connectivity index (χ0) is 11.5. The van der Waals surface area contributed by atoms with Gasteiger partial charge < -0.3 is 5.11 Å². The second-order valence-electron chi connectivity index (χ2n) is 3.07. The maximum atomic E-state index is 11.4. The quantitative estimate of drug-likeness (QED) is 0.844. The van der Waals surface area contributed by atoms with Gasteiger partial charge in [-0.1, -0.05) is 11.6 Å². The summed E-state index contributed by atoms with van der Waals surface area (Å²) in [6.07, 6.45) is 0. The highest BCUT2D eigenvalue weighted by Gasteiger charge is 2.19.